The smallest absolute Gasteiger partial charge is 0.261 e. The predicted octanol–water partition coefficient (Wildman–Crippen LogP) is 1.46. The van der Waals surface area contributed by atoms with Crippen molar-refractivity contribution in [3.8, 4) is 0 Å². The van der Waals surface area contributed by atoms with Crippen LogP contribution in [0.1, 0.15) is 13.8 Å². The van der Waals surface area contributed by atoms with Gasteiger partial charge < -0.3 is 0 Å². The number of hydrogen-bond donors (Lipinski definition) is 0. The van der Waals surface area contributed by atoms with Gasteiger partial charge in [0.25, 0.3) is 11.8 Å². The summed E-state index contributed by atoms with van der Waals surface area (Å²) in [5.74, 6) is -1.58. The SMILES string of the molecule is C=C(C)C(=O)C1SC(=S)N(C(=O)C(=C)C)C1=O. The molecule has 0 bridgehead atoms. The molecule has 1 atom stereocenters. The lowest BCUT2D eigenvalue weighted by Gasteiger charge is -2.12. The van der Waals surface area contributed by atoms with Crippen LogP contribution in [0.15, 0.2) is 24.3 Å². The van der Waals surface area contributed by atoms with E-state index in [0.29, 0.717) is 0 Å². The molecular weight excluding hydrogens is 258 g/mol. The van der Waals surface area contributed by atoms with E-state index in [2.05, 4.69) is 13.2 Å². The highest BCUT2D eigenvalue weighted by Gasteiger charge is 2.44. The highest BCUT2D eigenvalue weighted by Crippen LogP contribution is 2.30. The summed E-state index contributed by atoms with van der Waals surface area (Å²) in [6, 6.07) is 0. The zero-order valence-corrected chi connectivity index (χ0v) is 11.1. The van der Waals surface area contributed by atoms with Crippen molar-refractivity contribution in [2.45, 2.75) is 19.1 Å². The number of carbonyl (C=O) groups is 3. The van der Waals surface area contributed by atoms with Crippen molar-refractivity contribution in [1.29, 1.82) is 0 Å². The molecule has 1 fully saturated rings. The van der Waals surface area contributed by atoms with Crippen molar-refractivity contribution in [2.24, 2.45) is 0 Å². The average Bonchev–Trinajstić information content (AvgIpc) is 2.52. The summed E-state index contributed by atoms with van der Waals surface area (Å²) in [6.45, 7) is 9.94. The van der Waals surface area contributed by atoms with Crippen LogP contribution in [0.25, 0.3) is 0 Å². The summed E-state index contributed by atoms with van der Waals surface area (Å²) in [4.78, 5) is 36.1. The fraction of sp³-hybridized carbons (Fsp3) is 0.273. The van der Waals surface area contributed by atoms with Gasteiger partial charge in [0.05, 0.1) is 0 Å². The fourth-order valence-electron chi connectivity index (χ4n) is 1.17. The maximum Gasteiger partial charge on any atom is 0.261 e. The molecule has 1 unspecified atom stereocenters. The third-order valence-corrected chi connectivity index (χ3v) is 3.58. The Morgan fingerprint density at radius 1 is 1.29 bits per heavy atom. The molecule has 0 radical (unpaired) electrons. The van der Waals surface area contributed by atoms with Crippen molar-refractivity contribution in [2.75, 3.05) is 0 Å². The molecular formula is C11H11NO3S2. The van der Waals surface area contributed by atoms with Crippen molar-refractivity contribution in [1.82, 2.24) is 4.90 Å². The first-order chi connectivity index (χ1) is 7.77. The van der Waals surface area contributed by atoms with Gasteiger partial charge in [0.15, 0.2) is 15.4 Å². The van der Waals surface area contributed by atoms with E-state index in [0.717, 1.165) is 16.7 Å². The number of ketones is 1. The van der Waals surface area contributed by atoms with Gasteiger partial charge in [-0.05, 0) is 19.4 Å². The van der Waals surface area contributed by atoms with E-state index in [4.69, 9.17) is 12.2 Å². The molecule has 0 saturated carbocycles. The van der Waals surface area contributed by atoms with Crippen molar-refractivity contribution >= 4 is 45.9 Å². The first-order valence-corrected chi connectivity index (χ1v) is 6.00. The van der Waals surface area contributed by atoms with Crippen LogP contribution in [0.4, 0.5) is 0 Å². The number of carbonyl (C=O) groups excluding carboxylic acids is 3. The fourth-order valence-corrected chi connectivity index (χ4v) is 2.63. The molecule has 0 aromatic heterocycles. The van der Waals surface area contributed by atoms with E-state index in [1.165, 1.54) is 13.8 Å². The first-order valence-electron chi connectivity index (χ1n) is 4.71. The molecule has 0 N–H and O–H groups in total. The highest BCUT2D eigenvalue weighted by atomic mass is 32.2. The molecule has 6 heteroatoms. The molecule has 4 nitrogen and oxygen atoms in total. The number of thiocarbonyl (C=S) groups is 1. The molecule has 1 saturated heterocycles. The number of hydrogen-bond acceptors (Lipinski definition) is 5. The second kappa shape index (κ2) is 4.93. The number of nitrogens with zero attached hydrogens (tertiary/aromatic N) is 1. The van der Waals surface area contributed by atoms with Crippen LogP contribution >= 0.6 is 24.0 Å². The van der Waals surface area contributed by atoms with Crippen molar-refractivity contribution in [3.05, 3.63) is 24.3 Å². The maximum absolute atomic E-state index is 11.9. The van der Waals surface area contributed by atoms with Gasteiger partial charge in [-0.3, -0.25) is 14.4 Å². The minimum absolute atomic E-state index is 0.0857. The third-order valence-electron chi connectivity index (χ3n) is 2.07. The average molecular weight is 269 g/mol. The zero-order valence-electron chi connectivity index (χ0n) is 9.48. The van der Waals surface area contributed by atoms with Crippen LogP contribution in [0.2, 0.25) is 0 Å². The van der Waals surface area contributed by atoms with Crippen LogP contribution in [0.5, 0.6) is 0 Å². The van der Waals surface area contributed by atoms with E-state index in [1.807, 2.05) is 0 Å². The topological polar surface area (TPSA) is 54.5 Å². The molecule has 0 aromatic rings. The van der Waals surface area contributed by atoms with E-state index < -0.39 is 22.8 Å². The van der Waals surface area contributed by atoms with Crippen molar-refractivity contribution in [3.63, 3.8) is 0 Å². The summed E-state index contributed by atoms with van der Waals surface area (Å²) >= 11 is 5.82. The number of rotatable bonds is 3. The summed E-state index contributed by atoms with van der Waals surface area (Å²) in [5.41, 5.74) is 0.466. The predicted molar refractivity (Wildman–Crippen MR) is 70.5 cm³/mol. The Balaban J connectivity index is 3.01. The Labute approximate surface area is 109 Å². The maximum atomic E-state index is 11.9. The summed E-state index contributed by atoms with van der Waals surface area (Å²) < 4.78 is 0.0857. The van der Waals surface area contributed by atoms with Crippen LogP contribution in [0.3, 0.4) is 0 Å². The van der Waals surface area contributed by atoms with Gasteiger partial charge in [-0.2, -0.15) is 0 Å². The Kier molecular flexibility index (Phi) is 4.00. The van der Waals surface area contributed by atoms with Gasteiger partial charge in [0.2, 0.25) is 0 Å². The molecule has 0 spiro atoms. The normalized spacial score (nSPS) is 19.4. The monoisotopic (exact) mass is 269 g/mol. The molecule has 1 heterocycles. The Morgan fingerprint density at radius 2 is 1.82 bits per heavy atom. The van der Waals surface area contributed by atoms with E-state index in [-0.39, 0.29) is 15.5 Å². The summed E-state index contributed by atoms with van der Waals surface area (Å²) in [7, 11) is 0. The van der Waals surface area contributed by atoms with Gasteiger partial charge in [0.1, 0.15) is 0 Å². The van der Waals surface area contributed by atoms with Gasteiger partial charge in [0, 0.05) is 5.57 Å². The lowest BCUT2D eigenvalue weighted by atomic mass is 10.1. The Hall–Kier alpha value is -1.27. The van der Waals surface area contributed by atoms with Gasteiger partial charge in [-0.15, -0.1) is 0 Å². The molecule has 90 valence electrons. The van der Waals surface area contributed by atoms with E-state index >= 15 is 0 Å². The van der Waals surface area contributed by atoms with Gasteiger partial charge >= 0.3 is 0 Å². The largest absolute Gasteiger partial charge is 0.293 e. The summed E-state index contributed by atoms with van der Waals surface area (Å²) in [6.07, 6.45) is 0. The molecule has 0 aliphatic carbocycles. The first kappa shape index (κ1) is 13.8. The number of allylic oxidation sites excluding steroid dienone is 1. The van der Waals surface area contributed by atoms with Crippen LogP contribution in [-0.4, -0.2) is 32.1 Å². The molecule has 17 heavy (non-hydrogen) atoms. The number of Topliss-reactive ketones (excluding diaryl/α,β-unsaturated/α-hetero) is 1. The lowest BCUT2D eigenvalue weighted by Crippen LogP contribution is -2.39. The number of imide groups is 1. The van der Waals surface area contributed by atoms with Gasteiger partial charge in [-0.25, -0.2) is 4.90 Å². The number of thioether (sulfide) groups is 1. The zero-order chi connectivity index (χ0) is 13.3. The molecule has 0 aromatic carbocycles. The van der Waals surface area contributed by atoms with Crippen LogP contribution < -0.4 is 0 Å². The molecule has 2 amide bonds. The molecule has 1 rings (SSSR count). The minimum Gasteiger partial charge on any atom is -0.293 e. The second-order valence-corrected chi connectivity index (χ2v) is 5.41. The third kappa shape index (κ3) is 2.53. The van der Waals surface area contributed by atoms with Crippen LogP contribution in [-0.2, 0) is 14.4 Å². The number of amides is 2. The van der Waals surface area contributed by atoms with Crippen molar-refractivity contribution < 1.29 is 14.4 Å². The highest BCUT2D eigenvalue weighted by molar-refractivity contribution is 8.25. The molecule has 1 aliphatic rings. The second-order valence-electron chi connectivity index (χ2n) is 3.67. The standard InChI is InChI=1S/C11H11NO3S2/c1-5(2)7(13)8-10(15)12(11(16)17-8)9(14)6(3)4/h8H,1,3H2,2,4H3. The van der Waals surface area contributed by atoms with E-state index in [9.17, 15) is 14.4 Å². The summed E-state index contributed by atoms with van der Waals surface area (Å²) in [5, 5.41) is -0.983. The molecule has 1 aliphatic heterocycles. The van der Waals surface area contributed by atoms with E-state index in [1.54, 1.807) is 0 Å². The lowest BCUT2D eigenvalue weighted by molar-refractivity contribution is -0.137. The van der Waals surface area contributed by atoms with Crippen LogP contribution in [0, 0.1) is 0 Å². The Morgan fingerprint density at radius 3 is 2.24 bits per heavy atom. The minimum atomic E-state index is -0.983. The Bertz CT molecular complexity index is 467. The van der Waals surface area contributed by atoms with Gasteiger partial charge in [-0.1, -0.05) is 37.1 Å². The quantitative estimate of drug-likeness (QED) is 0.441.